The standard InChI is InChI=1S/C15H16N4O/c1-9(2)13-16-14-12(10(3)18-19-14)15(17-13)20-11-7-5-4-6-8-11/h4-9H,1-3H3,(H,16,17,18,19). The van der Waals surface area contributed by atoms with Crippen LogP contribution in [0.25, 0.3) is 11.0 Å². The topological polar surface area (TPSA) is 63.7 Å². The van der Waals surface area contributed by atoms with Gasteiger partial charge in [0.15, 0.2) is 5.65 Å². The summed E-state index contributed by atoms with van der Waals surface area (Å²) < 4.78 is 5.91. The number of rotatable bonds is 3. The van der Waals surface area contributed by atoms with E-state index in [1.807, 2.05) is 51.1 Å². The van der Waals surface area contributed by atoms with Crippen molar-refractivity contribution in [3.63, 3.8) is 0 Å². The summed E-state index contributed by atoms with van der Waals surface area (Å²) in [6, 6.07) is 9.61. The summed E-state index contributed by atoms with van der Waals surface area (Å²) in [5.74, 6) is 2.25. The Morgan fingerprint density at radius 1 is 1.10 bits per heavy atom. The average molecular weight is 268 g/mol. The molecule has 0 fully saturated rings. The molecule has 5 nitrogen and oxygen atoms in total. The van der Waals surface area contributed by atoms with Gasteiger partial charge in [0.05, 0.1) is 0 Å². The van der Waals surface area contributed by atoms with Crippen LogP contribution in [-0.4, -0.2) is 20.2 Å². The molecule has 0 bridgehead atoms. The maximum atomic E-state index is 5.91. The quantitative estimate of drug-likeness (QED) is 0.788. The minimum Gasteiger partial charge on any atom is -0.438 e. The van der Waals surface area contributed by atoms with Crippen molar-refractivity contribution in [1.29, 1.82) is 0 Å². The lowest BCUT2D eigenvalue weighted by Crippen LogP contribution is -2.00. The van der Waals surface area contributed by atoms with Crippen molar-refractivity contribution in [2.45, 2.75) is 26.7 Å². The van der Waals surface area contributed by atoms with Gasteiger partial charge in [-0.05, 0) is 19.1 Å². The van der Waals surface area contributed by atoms with Gasteiger partial charge in [0.25, 0.3) is 0 Å². The molecule has 2 heterocycles. The number of benzene rings is 1. The van der Waals surface area contributed by atoms with E-state index in [1.165, 1.54) is 0 Å². The molecule has 0 radical (unpaired) electrons. The lowest BCUT2D eigenvalue weighted by molar-refractivity contribution is 0.464. The van der Waals surface area contributed by atoms with Crippen LogP contribution in [0.4, 0.5) is 0 Å². The second kappa shape index (κ2) is 4.92. The zero-order chi connectivity index (χ0) is 14.1. The SMILES string of the molecule is Cc1[nH]nc2nc(C(C)C)nc(Oc3ccccc3)c12. The number of ether oxygens (including phenoxy) is 1. The number of nitrogens with zero attached hydrogens (tertiary/aromatic N) is 3. The van der Waals surface area contributed by atoms with Gasteiger partial charge >= 0.3 is 0 Å². The second-order valence-electron chi connectivity index (χ2n) is 5.00. The zero-order valence-electron chi connectivity index (χ0n) is 11.7. The second-order valence-corrected chi connectivity index (χ2v) is 5.00. The van der Waals surface area contributed by atoms with Crippen LogP contribution in [0.15, 0.2) is 30.3 Å². The van der Waals surface area contributed by atoms with Crippen LogP contribution < -0.4 is 4.74 Å². The Balaban J connectivity index is 2.14. The van der Waals surface area contributed by atoms with Crippen molar-refractivity contribution in [1.82, 2.24) is 20.2 Å². The minimum atomic E-state index is 0.217. The van der Waals surface area contributed by atoms with Gasteiger partial charge in [-0.15, -0.1) is 0 Å². The highest BCUT2D eigenvalue weighted by Gasteiger charge is 2.16. The fourth-order valence-corrected chi connectivity index (χ4v) is 1.98. The first-order chi connectivity index (χ1) is 9.65. The third-order valence-corrected chi connectivity index (χ3v) is 3.05. The lowest BCUT2D eigenvalue weighted by Gasteiger charge is -2.09. The lowest BCUT2D eigenvalue weighted by atomic mass is 10.2. The van der Waals surface area contributed by atoms with Crippen molar-refractivity contribution in [2.24, 2.45) is 0 Å². The minimum absolute atomic E-state index is 0.217. The summed E-state index contributed by atoms with van der Waals surface area (Å²) in [4.78, 5) is 9.00. The largest absolute Gasteiger partial charge is 0.438 e. The van der Waals surface area contributed by atoms with Gasteiger partial charge < -0.3 is 4.74 Å². The van der Waals surface area contributed by atoms with Crippen molar-refractivity contribution >= 4 is 11.0 Å². The van der Waals surface area contributed by atoms with E-state index < -0.39 is 0 Å². The molecule has 20 heavy (non-hydrogen) atoms. The van der Waals surface area contributed by atoms with Crippen molar-refractivity contribution in [3.8, 4) is 11.6 Å². The van der Waals surface area contributed by atoms with Crippen molar-refractivity contribution < 1.29 is 4.74 Å². The number of para-hydroxylation sites is 1. The smallest absolute Gasteiger partial charge is 0.234 e. The summed E-state index contributed by atoms with van der Waals surface area (Å²) in [7, 11) is 0. The molecule has 0 spiro atoms. The number of nitrogens with one attached hydrogen (secondary N) is 1. The van der Waals surface area contributed by atoms with E-state index in [2.05, 4.69) is 20.2 Å². The highest BCUT2D eigenvalue weighted by molar-refractivity contribution is 5.83. The number of H-pyrrole nitrogens is 1. The zero-order valence-corrected chi connectivity index (χ0v) is 11.7. The maximum absolute atomic E-state index is 5.91. The molecule has 0 aliphatic rings. The first kappa shape index (κ1) is 12.6. The molecule has 3 rings (SSSR count). The highest BCUT2D eigenvalue weighted by Crippen LogP contribution is 2.29. The first-order valence-corrected chi connectivity index (χ1v) is 6.60. The van der Waals surface area contributed by atoms with Crippen molar-refractivity contribution in [2.75, 3.05) is 0 Å². The molecule has 3 aromatic rings. The van der Waals surface area contributed by atoms with Crippen molar-refractivity contribution in [3.05, 3.63) is 41.9 Å². The highest BCUT2D eigenvalue weighted by atomic mass is 16.5. The van der Waals surface area contributed by atoms with Crippen LogP contribution in [0, 0.1) is 6.92 Å². The molecule has 0 saturated heterocycles. The molecule has 102 valence electrons. The van der Waals surface area contributed by atoms with Gasteiger partial charge in [-0.3, -0.25) is 5.10 Å². The van der Waals surface area contributed by atoms with Gasteiger partial charge in [0, 0.05) is 11.6 Å². The van der Waals surface area contributed by atoms with Gasteiger partial charge in [0.2, 0.25) is 5.88 Å². The number of aryl methyl sites for hydroxylation is 1. The normalized spacial score (nSPS) is 11.2. The average Bonchev–Trinajstić information content (AvgIpc) is 2.82. The van der Waals surface area contributed by atoms with Crippen LogP contribution in [0.5, 0.6) is 11.6 Å². The number of hydrogen-bond acceptors (Lipinski definition) is 4. The third-order valence-electron chi connectivity index (χ3n) is 3.05. The molecular weight excluding hydrogens is 252 g/mol. The van der Waals surface area contributed by atoms with E-state index in [0.717, 1.165) is 22.7 Å². The van der Waals surface area contributed by atoms with Gasteiger partial charge in [-0.1, -0.05) is 32.0 Å². The van der Waals surface area contributed by atoms with E-state index >= 15 is 0 Å². The molecule has 1 aromatic carbocycles. The summed E-state index contributed by atoms with van der Waals surface area (Å²) in [6.45, 7) is 6.03. The van der Waals surface area contributed by atoms with Gasteiger partial charge in [0.1, 0.15) is 17.0 Å². The number of fused-ring (bicyclic) bond motifs is 1. The molecule has 0 aliphatic heterocycles. The number of hydrogen-bond donors (Lipinski definition) is 1. The Hall–Kier alpha value is -2.43. The Labute approximate surface area is 117 Å². The molecule has 0 aliphatic carbocycles. The Bertz CT molecular complexity index is 734. The fraction of sp³-hybridized carbons (Fsp3) is 0.267. The predicted octanol–water partition coefficient (Wildman–Crippen LogP) is 3.58. The van der Waals surface area contributed by atoms with E-state index in [1.54, 1.807) is 0 Å². The molecule has 0 amide bonds. The summed E-state index contributed by atoms with van der Waals surface area (Å²) in [5.41, 5.74) is 1.55. The molecule has 5 heteroatoms. The summed E-state index contributed by atoms with van der Waals surface area (Å²) in [6.07, 6.45) is 0. The molecule has 0 unspecified atom stereocenters. The number of aromatic nitrogens is 4. The van der Waals surface area contributed by atoms with E-state index in [-0.39, 0.29) is 5.92 Å². The maximum Gasteiger partial charge on any atom is 0.234 e. The Morgan fingerprint density at radius 3 is 2.55 bits per heavy atom. The fourth-order valence-electron chi connectivity index (χ4n) is 1.98. The van der Waals surface area contributed by atoms with Gasteiger partial charge in [-0.25, -0.2) is 4.98 Å². The predicted molar refractivity (Wildman–Crippen MR) is 77.0 cm³/mol. The van der Waals surface area contributed by atoms with Gasteiger partial charge in [-0.2, -0.15) is 10.1 Å². The Kier molecular flexibility index (Phi) is 3.10. The molecule has 0 saturated carbocycles. The number of aromatic amines is 1. The first-order valence-electron chi connectivity index (χ1n) is 6.60. The van der Waals surface area contributed by atoms with Crippen LogP contribution in [-0.2, 0) is 0 Å². The third kappa shape index (κ3) is 2.22. The molecule has 2 aromatic heterocycles. The summed E-state index contributed by atoms with van der Waals surface area (Å²) >= 11 is 0. The monoisotopic (exact) mass is 268 g/mol. The van der Waals surface area contributed by atoms with Crippen LogP contribution in [0.1, 0.15) is 31.3 Å². The van der Waals surface area contributed by atoms with E-state index in [0.29, 0.717) is 11.5 Å². The summed E-state index contributed by atoms with van der Waals surface area (Å²) in [5, 5.41) is 7.98. The Morgan fingerprint density at radius 2 is 1.85 bits per heavy atom. The molecular formula is C15H16N4O. The van der Waals surface area contributed by atoms with Crippen LogP contribution in [0.2, 0.25) is 0 Å². The van der Waals surface area contributed by atoms with Crippen LogP contribution >= 0.6 is 0 Å². The molecule has 0 atom stereocenters. The van der Waals surface area contributed by atoms with Crippen LogP contribution in [0.3, 0.4) is 0 Å². The van der Waals surface area contributed by atoms with E-state index in [9.17, 15) is 0 Å². The molecule has 1 N–H and O–H groups in total. The van der Waals surface area contributed by atoms with E-state index in [4.69, 9.17) is 4.74 Å².